The van der Waals surface area contributed by atoms with Crippen LogP contribution in [-0.4, -0.2) is 20.9 Å². The topological polar surface area (TPSA) is 75.3 Å². The number of carbonyl (C=O) groups excluding carboxylic acids is 1. The normalized spacial score (nSPS) is 11.2. The number of benzene rings is 2. The van der Waals surface area contributed by atoms with Gasteiger partial charge in [0.15, 0.2) is 0 Å². The number of aryl methyl sites for hydroxylation is 1. The zero-order valence-electron chi connectivity index (χ0n) is 13.3. The van der Waals surface area contributed by atoms with Crippen molar-refractivity contribution in [1.82, 2.24) is 4.72 Å². The molecule has 7 heteroatoms. The Morgan fingerprint density at radius 1 is 1.12 bits per heavy atom. The summed E-state index contributed by atoms with van der Waals surface area (Å²) in [6, 6.07) is 13.5. The fourth-order valence-corrected chi connectivity index (χ4v) is 3.39. The highest BCUT2D eigenvalue weighted by atomic mass is 35.5. The predicted octanol–water partition coefficient (Wildman–Crippen LogP) is 3.21. The van der Waals surface area contributed by atoms with Gasteiger partial charge in [0.2, 0.25) is 15.9 Å². The van der Waals surface area contributed by atoms with E-state index in [0.717, 1.165) is 5.56 Å². The fourth-order valence-electron chi connectivity index (χ4n) is 2.16. The quantitative estimate of drug-likeness (QED) is 0.790. The average molecular weight is 367 g/mol. The SMILES string of the molecule is CCNS(=O)(=O)c1ccc(CCC(=O)Nc2cccc(Cl)c2)cc1. The molecule has 2 N–H and O–H groups in total. The first kappa shape index (κ1) is 18.4. The molecule has 24 heavy (non-hydrogen) atoms. The third-order valence-electron chi connectivity index (χ3n) is 3.32. The third-order valence-corrected chi connectivity index (χ3v) is 5.11. The first-order chi connectivity index (χ1) is 11.4. The molecule has 0 unspecified atom stereocenters. The number of halogens is 1. The van der Waals surface area contributed by atoms with Crippen molar-refractivity contribution in [2.24, 2.45) is 0 Å². The van der Waals surface area contributed by atoms with Crippen molar-refractivity contribution >= 4 is 33.2 Å². The lowest BCUT2D eigenvalue weighted by Gasteiger charge is -2.07. The molecule has 0 atom stereocenters. The van der Waals surface area contributed by atoms with Crippen LogP contribution in [0.2, 0.25) is 5.02 Å². The maximum atomic E-state index is 11.9. The summed E-state index contributed by atoms with van der Waals surface area (Å²) >= 11 is 5.87. The molecular formula is C17H19ClN2O3S. The molecule has 0 bridgehead atoms. The Bertz CT molecular complexity index is 805. The van der Waals surface area contributed by atoms with E-state index < -0.39 is 10.0 Å². The molecule has 0 aliphatic rings. The molecule has 0 spiro atoms. The van der Waals surface area contributed by atoms with Crippen molar-refractivity contribution in [2.75, 3.05) is 11.9 Å². The lowest BCUT2D eigenvalue weighted by molar-refractivity contribution is -0.116. The first-order valence-corrected chi connectivity index (χ1v) is 9.41. The summed E-state index contributed by atoms with van der Waals surface area (Å²) in [4.78, 5) is 12.2. The number of anilines is 1. The van der Waals surface area contributed by atoms with Gasteiger partial charge in [0.1, 0.15) is 0 Å². The van der Waals surface area contributed by atoms with Crippen LogP contribution < -0.4 is 10.0 Å². The van der Waals surface area contributed by atoms with Gasteiger partial charge >= 0.3 is 0 Å². The van der Waals surface area contributed by atoms with E-state index in [-0.39, 0.29) is 10.8 Å². The van der Waals surface area contributed by atoms with Crippen LogP contribution in [0.5, 0.6) is 0 Å². The zero-order valence-corrected chi connectivity index (χ0v) is 14.8. The summed E-state index contributed by atoms with van der Waals surface area (Å²) in [5, 5.41) is 3.34. The Morgan fingerprint density at radius 2 is 1.83 bits per heavy atom. The van der Waals surface area contributed by atoms with E-state index in [2.05, 4.69) is 10.0 Å². The lowest BCUT2D eigenvalue weighted by atomic mass is 10.1. The molecule has 0 saturated carbocycles. The van der Waals surface area contributed by atoms with Crippen molar-refractivity contribution in [1.29, 1.82) is 0 Å². The molecule has 0 aromatic heterocycles. The Balaban J connectivity index is 1.91. The van der Waals surface area contributed by atoms with Gasteiger partial charge in [-0.3, -0.25) is 4.79 Å². The van der Waals surface area contributed by atoms with Gasteiger partial charge in [0.05, 0.1) is 4.90 Å². The van der Waals surface area contributed by atoms with E-state index >= 15 is 0 Å². The minimum Gasteiger partial charge on any atom is -0.326 e. The number of carbonyl (C=O) groups is 1. The minimum atomic E-state index is -3.44. The zero-order chi connectivity index (χ0) is 17.6. The molecule has 128 valence electrons. The summed E-state index contributed by atoms with van der Waals surface area (Å²) < 4.78 is 26.1. The van der Waals surface area contributed by atoms with Crippen molar-refractivity contribution in [3.63, 3.8) is 0 Å². The molecule has 0 fully saturated rings. The highest BCUT2D eigenvalue weighted by Crippen LogP contribution is 2.16. The summed E-state index contributed by atoms with van der Waals surface area (Å²) in [6.07, 6.45) is 0.819. The van der Waals surface area contributed by atoms with Crippen LogP contribution in [0.1, 0.15) is 18.9 Å². The van der Waals surface area contributed by atoms with Gasteiger partial charge in [-0.25, -0.2) is 13.1 Å². The van der Waals surface area contributed by atoms with Crippen LogP contribution in [0, 0.1) is 0 Å². The van der Waals surface area contributed by atoms with Gasteiger partial charge in [-0.1, -0.05) is 36.7 Å². The molecule has 0 aliphatic heterocycles. The standard InChI is InChI=1S/C17H19ClN2O3S/c1-2-19-24(22,23)16-9-6-13(7-10-16)8-11-17(21)20-15-5-3-4-14(18)12-15/h3-7,9-10,12,19H,2,8,11H2,1H3,(H,20,21). The number of amides is 1. The monoisotopic (exact) mass is 366 g/mol. The maximum Gasteiger partial charge on any atom is 0.240 e. The molecule has 0 radical (unpaired) electrons. The molecular weight excluding hydrogens is 348 g/mol. The molecule has 1 amide bonds. The summed E-state index contributed by atoms with van der Waals surface area (Å²) in [6.45, 7) is 2.07. The van der Waals surface area contributed by atoms with Crippen molar-refractivity contribution < 1.29 is 13.2 Å². The summed E-state index contributed by atoms with van der Waals surface area (Å²) in [5.74, 6) is -0.124. The fraction of sp³-hybridized carbons (Fsp3) is 0.235. The van der Waals surface area contributed by atoms with E-state index in [1.165, 1.54) is 0 Å². The number of nitrogens with one attached hydrogen (secondary N) is 2. The second kappa shape index (κ2) is 8.28. The molecule has 0 saturated heterocycles. The van der Waals surface area contributed by atoms with E-state index in [4.69, 9.17) is 11.6 Å². The van der Waals surface area contributed by atoms with Crippen molar-refractivity contribution in [2.45, 2.75) is 24.7 Å². The van der Waals surface area contributed by atoms with E-state index in [0.29, 0.717) is 30.1 Å². The smallest absolute Gasteiger partial charge is 0.240 e. The number of hydrogen-bond acceptors (Lipinski definition) is 3. The molecule has 0 heterocycles. The van der Waals surface area contributed by atoms with Crippen LogP contribution in [0.3, 0.4) is 0 Å². The van der Waals surface area contributed by atoms with Crippen molar-refractivity contribution in [3.8, 4) is 0 Å². The molecule has 5 nitrogen and oxygen atoms in total. The Kier molecular flexibility index (Phi) is 6.36. The Labute approximate surface area is 147 Å². The highest BCUT2D eigenvalue weighted by Gasteiger charge is 2.12. The van der Waals surface area contributed by atoms with E-state index in [1.807, 2.05) is 0 Å². The molecule has 2 rings (SSSR count). The highest BCUT2D eigenvalue weighted by molar-refractivity contribution is 7.89. The van der Waals surface area contributed by atoms with Crippen molar-refractivity contribution in [3.05, 3.63) is 59.1 Å². The first-order valence-electron chi connectivity index (χ1n) is 7.55. The molecule has 2 aromatic carbocycles. The van der Waals surface area contributed by atoms with Crippen LogP contribution in [0.15, 0.2) is 53.4 Å². The number of rotatable bonds is 7. The Morgan fingerprint density at radius 3 is 2.46 bits per heavy atom. The van der Waals surface area contributed by atoms with E-state index in [1.54, 1.807) is 55.5 Å². The largest absolute Gasteiger partial charge is 0.326 e. The predicted molar refractivity (Wildman–Crippen MR) is 95.7 cm³/mol. The lowest BCUT2D eigenvalue weighted by Crippen LogP contribution is -2.23. The van der Waals surface area contributed by atoms with Gasteiger partial charge in [0, 0.05) is 23.7 Å². The van der Waals surface area contributed by atoms with Crippen LogP contribution in [0.25, 0.3) is 0 Å². The second-order valence-electron chi connectivity index (χ2n) is 5.20. The summed E-state index contributed by atoms with van der Waals surface area (Å²) in [5.41, 5.74) is 1.55. The Hall–Kier alpha value is -1.89. The van der Waals surface area contributed by atoms with Gasteiger partial charge in [-0.15, -0.1) is 0 Å². The third kappa shape index (κ3) is 5.33. The number of sulfonamides is 1. The van der Waals surface area contributed by atoms with Gasteiger partial charge in [-0.05, 0) is 42.3 Å². The maximum absolute atomic E-state index is 11.9. The molecule has 0 aliphatic carbocycles. The average Bonchev–Trinajstić information content (AvgIpc) is 2.53. The number of hydrogen-bond donors (Lipinski definition) is 2. The van der Waals surface area contributed by atoms with Gasteiger partial charge in [0.25, 0.3) is 0 Å². The van der Waals surface area contributed by atoms with Gasteiger partial charge in [-0.2, -0.15) is 0 Å². The minimum absolute atomic E-state index is 0.124. The van der Waals surface area contributed by atoms with E-state index in [9.17, 15) is 13.2 Å². The summed E-state index contributed by atoms with van der Waals surface area (Å²) in [7, 11) is -3.44. The second-order valence-corrected chi connectivity index (χ2v) is 7.41. The van der Waals surface area contributed by atoms with Crippen LogP contribution >= 0.6 is 11.6 Å². The van der Waals surface area contributed by atoms with Crippen LogP contribution in [0.4, 0.5) is 5.69 Å². The van der Waals surface area contributed by atoms with Gasteiger partial charge < -0.3 is 5.32 Å². The molecule has 2 aromatic rings. The van der Waals surface area contributed by atoms with Crippen LogP contribution in [-0.2, 0) is 21.2 Å².